The van der Waals surface area contributed by atoms with Crippen molar-refractivity contribution in [2.75, 3.05) is 0 Å². The fraction of sp³-hybridized carbons (Fsp3) is 0.364. The van der Waals surface area contributed by atoms with E-state index in [0.717, 1.165) is 17.0 Å². The first kappa shape index (κ1) is 13.2. The summed E-state index contributed by atoms with van der Waals surface area (Å²) >= 11 is 2.97. The summed E-state index contributed by atoms with van der Waals surface area (Å²) in [5.41, 5.74) is 2.72. The van der Waals surface area contributed by atoms with E-state index in [-0.39, 0.29) is 11.3 Å². The first-order chi connectivity index (χ1) is 8.72. The highest BCUT2D eigenvalue weighted by atomic mass is 32.2. The van der Waals surface area contributed by atoms with Crippen LogP contribution in [0.1, 0.15) is 23.2 Å². The summed E-state index contributed by atoms with van der Waals surface area (Å²) in [5, 5.41) is 0.450. The molecule has 0 aliphatic heterocycles. The average Bonchev–Trinajstić information content (AvgIpc) is 2.83. The van der Waals surface area contributed by atoms with Crippen molar-refractivity contribution in [1.82, 2.24) is 15.0 Å². The number of nitrogens with zero attached hydrogens (tertiary/aromatic N) is 2. The fourth-order valence-electron chi connectivity index (χ4n) is 1.45. The van der Waals surface area contributed by atoms with Gasteiger partial charge in [-0.2, -0.15) is 0 Å². The Labute approximate surface area is 112 Å². The quantitative estimate of drug-likeness (QED) is 0.677. The van der Waals surface area contributed by atoms with Gasteiger partial charge in [-0.05, 0) is 6.42 Å². The van der Waals surface area contributed by atoms with Gasteiger partial charge in [0.1, 0.15) is 6.67 Å². The van der Waals surface area contributed by atoms with E-state index in [2.05, 4.69) is 15.0 Å². The minimum Gasteiger partial charge on any atom is -0.301 e. The van der Waals surface area contributed by atoms with Gasteiger partial charge in [-0.3, -0.25) is 4.79 Å². The van der Waals surface area contributed by atoms with E-state index in [1.165, 1.54) is 17.8 Å². The molecule has 0 saturated heterocycles. The van der Waals surface area contributed by atoms with E-state index in [1.54, 1.807) is 11.3 Å². The zero-order chi connectivity index (χ0) is 13.0. The van der Waals surface area contributed by atoms with E-state index in [1.807, 2.05) is 12.4 Å². The van der Waals surface area contributed by atoms with Crippen LogP contribution in [0.3, 0.4) is 0 Å². The van der Waals surface area contributed by atoms with Crippen LogP contribution in [0, 0.1) is 0 Å². The fourth-order valence-corrected chi connectivity index (χ4v) is 3.33. The van der Waals surface area contributed by atoms with Crippen molar-refractivity contribution >= 4 is 23.1 Å². The molecule has 0 atom stereocenters. The topological polar surface area (TPSA) is 58.6 Å². The van der Waals surface area contributed by atoms with Crippen molar-refractivity contribution in [2.24, 2.45) is 0 Å². The molecular formula is C11H12FN3OS2. The number of thiazole rings is 1. The molecule has 18 heavy (non-hydrogen) atoms. The summed E-state index contributed by atoms with van der Waals surface area (Å²) in [6.07, 6.45) is 0.883. The summed E-state index contributed by atoms with van der Waals surface area (Å²) < 4.78 is 12.5. The highest BCUT2D eigenvalue weighted by Crippen LogP contribution is 2.24. The SMILES string of the molecule is CCc1ncsc1CSc1nc(CF)cc(=O)[nH]1. The number of rotatable bonds is 5. The Hall–Kier alpha value is -1.21. The molecule has 0 amide bonds. The number of hydrogen-bond acceptors (Lipinski definition) is 5. The molecule has 2 aromatic heterocycles. The van der Waals surface area contributed by atoms with E-state index in [9.17, 15) is 9.18 Å². The van der Waals surface area contributed by atoms with Crippen molar-refractivity contribution < 1.29 is 4.39 Å². The number of alkyl halides is 1. The van der Waals surface area contributed by atoms with Gasteiger partial charge in [-0.1, -0.05) is 18.7 Å². The van der Waals surface area contributed by atoms with Gasteiger partial charge >= 0.3 is 0 Å². The number of aryl methyl sites for hydroxylation is 1. The minimum atomic E-state index is -0.724. The number of hydrogen-bond donors (Lipinski definition) is 1. The molecule has 0 saturated carbocycles. The van der Waals surface area contributed by atoms with E-state index in [0.29, 0.717) is 10.9 Å². The van der Waals surface area contributed by atoms with Crippen molar-refractivity contribution in [2.45, 2.75) is 30.9 Å². The zero-order valence-corrected chi connectivity index (χ0v) is 11.4. The standard InChI is InChI=1S/C11H12FN3OS2/c1-2-8-9(18-6-13-8)5-17-11-14-7(4-12)3-10(16)15-11/h3,6H,2,4-5H2,1H3,(H,14,15,16). The lowest BCUT2D eigenvalue weighted by molar-refractivity contribution is 0.471. The molecule has 4 nitrogen and oxygen atoms in total. The first-order valence-corrected chi connectivity index (χ1v) is 7.29. The van der Waals surface area contributed by atoms with Gasteiger partial charge in [0.2, 0.25) is 0 Å². The highest BCUT2D eigenvalue weighted by Gasteiger charge is 2.07. The normalized spacial score (nSPS) is 10.8. The lowest BCUT2D eigenvalue weighted by Gasteiger charge is -2.01. The lowest BCUT2D eigenvalue weighted by atomic mass is 10.3. The molecule has 0 fully saturated rings. The highest BCUT2D eigenvalue weighted by molar-refractivity contribution is 7.98. The third kappa shape index (κ3) is 3.17. The van der Waals surface area contributed by atoms with Crippen molar-refractivity contribution in [3.63, 3.8) is 0 Å². The minimum absolute atomic E-state index is 0.168. The predicted molar refractivity (Wildman–Crippen MR) is 70.7 cm³/mol. The molecule has 0 aromatic carbocycles. The maximum atomic E-state index is 12.5. The zero-order valence-electron chi connectivity index (χ0n) is 9.77. The van der Waals surface area contributed by atoms with Crippen LogP contribution in [0.2, 0.25) is 0 Å². The summed E-state index contributed by atoms with van der Waals surface area (Å²) in [6, 6.07) is 1.17. The molecule has 1 N–H and O–H groups in total. The third-order valence-corrected chi connectivity index (χ3v) is 4.27. The molecule has 2 rings (SSSR count). The summed E-state index contributed by atoms with van der Waals surface area (Å²) in [5.74, 6) is 0.687. The molecule has 0 unspecified atom stereocenters. The van der Waals surface area contributed by atoms with Crippen molar-refractivity contribution in [3.8, 4) is 0 Å². The monoisotopic (exact) mass is 285 g/mol. The third-order valence-electron chi connectivity index (χ3n) is 2.31. The van der Waals surface area contributed by atoms with Crippen LogP contribution in [-0.2, 0) is 18.8 Å². The number of nitrogens with one attached hydrogen (secondary N) is 1. The second-order valence-electron chi connectivity index (χ2n) is 3.54. The predicted octanol–water partition coefficient (Wildman–Crippen LogP) is 2.55. The summed E-state index contributed by atoms with van der Waals surface area (Å²) in [7, 11) is 0. The molecule has 7 heteroatoms. The van der Waals surface area contributed by atoms with Crippen molar-refractivity contribution in [1.29, 1.82) is 0 Å². The van der Waals surface area contributed by atoms with Gasteiger partial charge in [0.25, 0.3) is 5.56 Å². The second kappa shape index (κ2) is 6.10. The summed E-state index contributed by atoms with van der Waals surface area (Å²) in [6.45, 7) is 1.32. The smallest absolute Gasteiger partial charge is 0.251 e. The van der Waals surface area contributed by atoms with Gasteiger partial charge in [-0.15, -0.1) is 11.3 Å². The Balaban J connectivity index is 2.10. The molecule has 0 radical (unpaired) electrons. The van der Waals surface area contributed by atoms with Crippen LogP contribution in [-0.4, -0.2) is 15.0 Å². The molecule has 0 aliphatic carbocycles. The van der Waals surface area contributed by atoms with E-state index < -0.39 is 6.67 Å². The van der Waals surface area contributed by atoms with E-state index >= 15 is 0 Å². The molecule has 2 aromatic rings. The first-order valence-electron chi connectivity index (χ1n) is 5.43. The molecular weight excluding hydrogens is 273 g/mol. The molecule has 96 valence electrons. The second-order valence-corrected chi connectivity index (χ2v) is 5.44. The Morgan fingerprint density at radius 2 is 2.39 bits per heavy atom. The van der Waals surface area contributed by atoms with Crippen LogP contribution < -0.4 is 5.56 Å². The van der Waals surface area contributed by atoms with Gasteiger partial charge in [-0.25, -0.2) is 14.4 Å². The number of thioether (sulfide) groups is 1. The van der Waals surface area contributed by atoms with E-state index in [4.69, 9.17) is 0 Å². The maximum absolute atomic E-state index is 12.5. The Morgan fingerprint density at radius 1 is 1.56 bits per heavy atom. The van der Waals surface area contributed by atoms with Crippen LogP contribution in [0.4, 0.5) is 4.39 Å². The molecule has 0 aliphatic rings. The Morgan fingerprint density at radius 3 is 3.11 bits per heavy atom. The lowest BCUT2D eigenvalue weighted by Crippen LogP contribution is -2.09. The number of halogens is 1. The van der Waals surface area contributed by atoms with Gasteiger partial charge in [0.15, 0.2) is 5.16 Å². The number of aromatic amines is 1. The Kier molecular flexibility index (Phi) is 4.48. The van der Waals surface area contributed by atoms with Gasteiger partial charge in [0, 0.05) is 16.7 Å². The molecule has 0 spiro atoms. The molecule has 0 bridgehead atoms. The largest absolute Gasteiger partial charge is 0.301 e. The van der Waals surface area contributed by atoms with Crippen LogP contribution >= 0.6 is 23.1 Å². The van der Waals surface area contributed by atoms with Crippen LogP contribution in [0.15, 0.2) is 21.5 Å². The van der Waals surface area contributed by atoms with Gasteiger partial charge in [0.05, 0.1) is 16.9 Å². The van der Waals surface area contributed by atoms with Crippen LogP contribution in [0.25, 0.3) is 0 Å². The average molecular weight is 285 g/mol. The van der Waals surface area contributed by atoms with Crippen molar-refractivity contribution in [3.05, 3.63) is 38.2 Å². The maximum Gasteiger partial charge on any atom is 0.251 e. The number of aromatic nitrogens is 3. The Bertz CT molecular complexity index is 582. The molecule has 2 heterocycles. The number of H-pyrrole nitrogens is 1. The summed E-state index contributed by atoms with van der Waals surface area (Å²) in [4.78, 5) is 23.3. The van der Waals surface area contributed by atoms with Crippen LogP contribution in [0.5, 0.6) is 0 Å². The van der Waals surface area contributed by atoms with Gasteiger partial charge < -0.3 is 4.98 Å².